The third-order valence-corrected chi connectivity index (χ3v) is 6.95. The number of carbonyl (C=O) groups excluding carboxylic acids is 1. The molecule has 1 atom stereocenters. The van der Waals surface area contributed by atoms with Gasteiger partial charge in [-0.2, -0.15) is 0 Å². The molecule has 1 saturated heterocycles. The number of benzene rings is 1. The summed E-state index contributed by atoms with van der Waals surface area (Å²) in [6, 6.07) is 6.83. The maximum atomic E-state index is 12.7. The summed E-state index contributed by atoms with van der Waals surface area (Å²) >= 11 is 1.20. The summed E-state index contributed by atoms with van der Waals surface area (Å²) in [5.74, 6) is -0.0427. The number of nitrogens with zero attached hydrogens (tertiary/aromatic N) is 2. The summed E-state index contributed by atoms with van der Waals surface area (Å²) in [6.07, 6.45) is 1.23. The Labute approximate surface area is 156 Å². The molecule has 140 valence electrons. The molecule has 9 heteroatoms. The van der Waals surface area contributed by atoms with Crippen molar-refractivity contribution >= 4 is 38.4 Å². The number of sulfone groups is 1. The highest BCUT2D eigenvalue weighted by Gasteiger charge is 2.28. The van der Waals surface area contributed by atoms with Gasteiger partial charge in [-0.05, 0) is 25.0 Å². The molecular formula is C17H21N3O4S2. The molecule has 7 nitrogen and oxygen atoms in total. The smallest absolute Gasteiger partial charge is 0.262 e. The fourth-order valence-electron chi connectivity index (χ4n) is 2.99. The number of aromatic nitrogens is 2. The van der Waals surface area contributed by atoms with Crippen molar-refractivity contribution in [2.24, 2.45) is 0 Å². The van der Waals surface area contributed by atoms with Crippen LogP contribution in [0.3, 0.4) is 0 Å². The maximum Gasteiger partial charge on any atom is 0.262 e. The first-order valence-corrected chi connectivity index (χ1v) is 11.3. The minimum absolute atomic E-state index is 0.00181. The fourth-order valence-corrected chi connectivity index (χ4v) is 5.50. The van der Waals surface area contributed by atoms with Gasteiger partial charge in [-0.15, -0.1) is 0 Å². The molecule has 1 aromatic carbocycles. The number of para-hydroxylation sites is 1. The van der Waals surface area contributed by atoms with Crippen LogP contribution >= 0.6 is 11.8 Å². The number of carbonyl (C=O) groups is 1. The average Bonchev–Trinajstić information content (AvgIpc) is 2.94. The molecule has 1 aliphatic rings. The first-order valence-electron chi connectivity index (χ1n) is 8.52. The van der Waals surface area contributed by atoms with Crippen LogP contribution in [-0.2, 0) is 21.2 Å². The van der Waals surface area contributed by atoms with Gasteiger partial charge in [0.25, 0.3) is 5.56 Å². The largest absolute Gasteiger partial charge is 0.352 e. The van der Waals surface area contributed by atoms with Crippen LogP contribution in [0.1, 0.15) is 19.8 Å². The third-order valence-electron chi connectivity index (χ3n) is 4.20. The predicted molar refractivity (Wildman–Crippen MR) is 102 cm³/mol. The van der Waals surface area contributed by atoms with Crippen molar-refractivity contribution in [3.63, 3.8) is 0 Å². The number of hydrogen-bond acceptors (Lipinski definition) is 6. The number of rotatable bonds is 6. The summed E-state index contributed by atoms with van der Waals surface area (Å²) in [4.78, 5) is 29.4. The molecule has 1 N–H and O–H groups in total. The van der Waals surface area contributed by atoms with Gasteiger partial charge in [0.15, 0.2) is 15.0 Å². The lowest BCUT2D eigenvalue weighted by Crippen LogP contribution is -2.36. The minimum atomic E-state index is -3.03. The maximum absolute atomic E-state index is 12.7. The van der Waals surface area contributed by atoms with E-state index in [1.807, 2.05) is 13.0 Å². The van der Waals surface area contributed by atoms with Crippen molar-refractivity contribution in [2.75, 3.05) is 17.3 Å². The molecule has 2 aromatic rings. The summed E-state index contributed by atoms with van der Waals surface area (Å²) in [6.45, 7) is 2.50. The highest BCUT2D eigenvalue weighted by atomic mass is 32.2. The molecule has 0 spiro atoms. The van der Waals surface area contributed by atoms with E-state index in [1.54, 1.807) is 22.8 Å². The highest BCUT2D eigenvalue weighted by Crippen LogP contribution is 2.18. The number of nitrogens with one attached hydrogen (secondary N) is 1. The number of amides is 1. The molecular weight excluding hydrogens is 374 g/mol. The van der Waals surface area contributed by atoms with Crippen molar-refractivity contribution in [3.05, 3.63) is 34.6 Å². The first kappa shape index (κ1) is 18.9. The van der Waals surface area contributed by atoms with E-state index < -0.39 is 9.84 Å². The SMILES string of the molecule is CCCn1c(SCC(=O)N[C@@H]2CCS(=O)(=O)C2)nc2ccccc2c1=O. The van der Waals surface area contributed by atoms with Gasteiger partial charge in [0.2, 0.25) is 5.91 Å². The van der Waals surface area contributed by atoms with Crippen LogP contribution in [0.15, 0.2) is 34.2 Å². The van der Waals surface area contributed by atoms with E-state index in [1.165, 1.54) is 11.8 Å². The normalized spacial score (nSPS) is 18.9. The zero-order valence-corrected chi connectivity index (χ0v) is 16.1. The van der Waals surface area contributed by atoms with Gasteiger partial charge in [0.05, 0.1) is 28.2 Å². The number of thioether (sulfide) groups is 1. The quantitative estimate of drug-likeness (QED) is 0.583. The summed E-state index contributed by atoms with van der Waals surface area (Å²) < 4.78 is 24.5. The zero-order valence-electron chi connectivity index (χ0n) is 14.5. The van der Waals surface area contributed by atoms with E-state index in [0.717, 1.165) is 6.42 Å². The average molecular weight is 396 g/mol. The van der Waals surface area contributed by atoms with Crippen LogP contribution in [0.25, 0.3) is 10.9 Å². The molecule has 26 heavy (non-hydrogen) atoms. The standard InChI is InChI=1S/C17H21N3O4S2/c1-2-8-20-16(22)13-5-3-4-6-14(13)19-17(20)25-10-15(21)18-12-7-9-26(23,24)11-12/h3-6,12H,2,7-11H2,1H3,(H,18,21)/t12-/m1/s1. The van der Waals surface area contributed by atoms with Crippen LogP contribution in [0.5, 0.6) is 0 Å². The van der Waals surface area contributed by atoms with Gasteiger partial charge in [0, 0.05) is 12.6 Å². The van der Waals surface area contributed by atoms with E-state index >= 15 is 0 Å². The van der Waals surface area contributed by atoms with Gasteiger partial charge in [0.1, 0.15) is 0 Å². The fraction of sp³-hybridized carbons (Fsp3) is 0.471. The van der Waals surface area contributed by atoms with Crippen LogP contribution < -0.4 is 10.9 Å². The Morgan fingerprint density at radius 1 is 1.38 bits per heavy atom. The topological polar surface area (TPSA) is 98.1 Å². The Morgan fingerprint density at radius 3 is 2.85 bits per heavy atom. The van der Waals surface area contributed by atoms with Gasteiger partial charge >= 0.3 is 0 Å². The molecule has 3 rings (SSSR count). The Hall–Kier alpha value is -1.87. The van der Waals surface area contributed by atoms with E-state index in [-0.39, 0.29) is 34.8 Å². The molecule has 0 bridgehead atoms. The van der Waals surface area contributed by atoms with Crippen molar-refractivity contribution < 1.29 is 13.2 Å². The van der Waals surface area contributed by atoms with E-state index in [4.69, 9.17) is 0 Å². The Bertz CT molecular complexity index is 985. The zero-order chi connectivity index (χ0) is 18.7. The molecule has 1 fully saturated rings. The Balaban J connectivity index is 1.74. The van der Waals surface area contributed by atoms with Crippen molar-refractivity contribution in [2.45, 2.75) is 37.5 Å². The van der Waals surface area contributed by atoms with Crippen LogP contribution in [-0.4, -0.2) is 47.2 Å². The number of hydrogen-bond donors (Lipinski definition) is 1. The second kappa shape index (κ2) is 7.79. The van der Waals surface area contributed by atoms with Crippen molar-refractivity contribution in [1.29, 1.82) is 0 Å². The third kappa shape index (κ3) is 4.27. The van der Waals surface area contributed by atoms with Gasteiger partial charge < -0.3 is 5.32 Å². The monoisotopic (exact) mass is 395 g/mol. The van der Waals surface area contributed by atoms with Gasteiger partial charge in [-0.3, -0.25) is 14.2 Å². The first-order chi connectivity index (χ1) is 12.4. The molecule has 1 aromatic heterocycles. The van der Waals surface area contributed by atoms with Crippen molar-refractivity contribution in [1.82, 2.24) is 14.9 Å². The minimum Gasteiger partial charge on any atom is -0.352 e. The number of fused-ring (bicyclic) bond motifs is 1. The van der Waals surface area contributed by atoms with E-state index in [2.05, 4.69) is 10.3 Å². The van der Waals surface area contributed by atoms with Gasteiger partial charge in [-0.25, -0.2) is 13.4 Å². The molecule has 0 aliphatic carbocycles. The lowest BCUT2D eigenvalue weighted by molar-refractivity contribution is -0.119. The molecule has 0 unspecified atom stereocenters. The van der Waals surface area contributed by atoms with Crippen LogP contribution in [0, 0.1) is 0 Å². The summed E-state index contributed by atoms with van der Waals surface area (Å²) in [5.41, 5.74) is 0.497. The van der Waals surface area contributed by atoms with E-state index in [0.29, 0.717) is 29.0 Å². The summed E-state index contributed by atoms with van der Waals surface area (Å²) in [5, 5.41) is 3.82. The lowest BCUT2D eigenvalue weighted by atomic mass is 10.2. The van der Waals surface area contributed by atoms with E-state index in [9.17, 15) is 18.0 Å². The predicted octanol–water partition coefficient (Wildman–Crippen LogP) is 1.20. The van der Waals surface area contributed by atoms with Crippen LogP contribution in [0.2, 0.25) is 0 Å². The molecule has 2 heterocycles. The molecule has 0 saturated carbocycles. The Kier molecular flexibility index (Phi) is 5.67. The molecule has 1 aliphatic heterocycles. The van der Waals surface area contributed by atoms with Crippen molar-refractivity contribution in [3.8, 4) is 0 Å². The lowest BCUT2D eigenvalue weighted by Gasteiger charge is -2.13. The summed E-state index contributed by atoms with van der Waals surface area (Å²) in [7, 11) is -3.03. The van der Waals surface area contributed by atoms with Gasteiger partial charge in [-0.1, -0.05) is 30.8 Å². The molecule has 0 radical (unpaired) electrons. The molecule has 1 amide bonds. The Morgan fingerprint density at radius 2 is 2.15 bits per heavy atom. The second-order valence-electron chi connectivity index (χ2n) is 6.32. The van der Waals surface area contributed by atoms with Crippen LogP contribution in [0.4, 0.5) is 0 Å². The highest BCUT2D eigenvalue weighted by molar-refractivity contribution is 7.99. The second-order valence-corrected chi connectivity index (χ2v) is 9.50.